The van der Waals surface area contributed by atoms with Crippen molar-refractivity contribution in [3.8, 4) is 0 Å². The predicted molar refractivity (Wildman–Crippen MR) is 82.3 cm³/mol. The molecule has 1 aromatic rings. The van der Waals surface area contributed by atoms with Gasteiger partial charge in [0.15, 0.2) is 0 Å². The summed E-state index contributed by atoms with van der Waals surface area (Å²) in [4.78, 5) is 7.52. The van der Waals surface area contributed by atoms with Gasteiger partial charge in [0.05, 0.1) is 5.71 Å². The Morgan fingerprint density at radius 3 is 2.57 bits per heavy atom. The summed E-state index contributed by atoms with van der Waals surface area (Å²) < 4.78 is 38.4. The molecule has 0 amide bonds. The molecule has 0 radical (unpaired) electrons. The van der Waals surface area contributed by atoms with Crippen LogP contribution >= 0.6 is 0 Å². The Bertz CT molecular complexity index is 703. The molecule has 2 rings (SSSR count). The number of rotatable bonds is 4. The maximum Gasteiger partial charge on any atom is 0.421 e. The molecular formula is C14H15F3N6. The molecule has 0 saturated heterocycles. The van der Waals surface area contributed by atoms with E-state index in [2.05, 4.69) is 25.9 Å². The van der Waals surface area contributed by atoms with E-state index in [0.717, 1.165) is 6.20 Å². The van der Waals surface area contributed by atoms with Crippen LogP contribution in [0.5, 0.6) is 0 Å². The van der Waals surface area contributed by atoms with Gasteiger partial charge in [0.2, 0.25) is 5.95 Å². The Morgan fingerprint density at radius 2 is 1.96 bits per heavy atom. The number of alkyl halides is 3. The zero-order valence-electron chi connectivity index (χ0n) is 12.4. The van der Waals surface area contributed by atoms with Crippen LogP contribution in [0.25, 0.3) is 0 Å². The molecule has 0 saturated carbocycles. The first kappa shape index (κ1) is 16.5. The lowest BCUT2D eigenvalue weighted by Gasteiger charge is -2.15. The van der Waals surface area contributed by atoms with Crippen molar-refractivity contribution < 1.29 is 13.2 Å². The lowest BCUT2D eigenvalue weighted by atomic mass is 10.0. The van der Waals surface area contributed by atoms with E-state index in [0.29, 0.717) is 17.0 Å². The highest BCUT2D eigenvalue weighted by Gasteiger charge is 2.35. The third kappa shape index (κ3) is 3.87. The molecule has 0 aromatic carbocycles. The van der Waals surface area contributed by atoms with Crippen LogP contribution in [0, 0.1) is 5.41 Å². The number of anilines is 2. The van der Waals surface area contributed by atoms with Crippen molar-refractivity contribution in [2.45, 2.75) is 6.18 Å². The van der Waals surface area contributed by atoms with Crippen LogP contribution in [-0.2, 0) is 6.18 Å². The largest absolute Gasteiger partial charge is 0.421 e. The van der Waals surface area contributed by atoms with Crippen molar-refractivity contribution in [2.75, 3.05) is 24.7 Å². The summed E-state index contributed by atoms with van der Waals surface area (Å²) in [7, 11) is 3.06. The molecule has 0 unspecified atom stereocenters. The van der Waals surface area contributed by atoms with Gasteiger partial charge in [-0.2, -0.15) is 18.2 Å². The Kier molecular flexibility index (Phi) is 4.68. The zero-order chi connectivity index (χ0) is 17.0. The molecule has 1 aliphatic rings. The molecule has 0 atom stereocenters. The van der Waals surface area contributed by atoms with Gasteiger partial charge in [0.1, 0.15) is 11.4 Å². The minimum Gasteiger partial charge on any atom is -0.393 e. The van der Waals surface area contributed by atoms with Gasteiger partial charge in [-0.05, 0) is 18.2 Å². The second kappa shape index (κ2) is 6.51. The van der Waals surface area contributed by atoms with Crippen LogP contribution in [-0.4, -0.2) is 29.8 Å². The number of hydrogen-bond acceptors (Lipinski definition) is 6. The van der Waals surface area contributed by atoms with Crippen molar-refractivity contribution in [3.05, 3.63) is 47.5 Å². The molecule has 9 heteroatoms. The first-order valence-electron chi connectivity index (χ1n) is 6.60. The lowest BCUT2D eigenvalue weighted by molar-refractivity contribution is -0.137. The minimum absolute atomic E-state index is 0.0236. The molecular weight excluding hydrogens is 309 g/mol. The highest BCUT2D eigenvalue weighted by Crippen LogP contribution is 2.33. The Morgan fingerprint density at radius 1 is 1.22 bits per heavy atom. The minimum atomic E-state index is -4.53. The molecule has 6 nitrogen and oxygen atoms in total. The monoisotopic (exact) mass is 324 g/mol. The van der Waals surface area contributed by atoms with Crippen molar-refractivity contribution in [2.24, 2.45) is 0 Å². The second-order valence-electron chi connectivity index (χ2n) is 4.56. The van der Waals surface area contributed by atoms with Crippen molar-refractivity contribution in [1.29, 1.82) is 5.41 Å². The fraction of sp³-hybridized carbons (Fsp3) is 0.214. The van der Waals surface area contributed by atoms with E-state index in [1.807, 2.05) is 0 Å². The number of nitrogens with zero attached hydrogens (tertiary/aromatic N) is 2. The summed E-state index contributed by atoms with van der Waals surface area (Å²) in [5.74, 6) is -0.287. The topological polar surface area (TPSA) is 85.7 Å². The van der Waals surface area contributed by atoms with E-state index >= 15 is 0 Å². The van der Waals surface area contributed by atoms with Gasteiger partial charge in [0.25, 0.3) is 0 Å². The maximum absolute atomic E-state index is 12.8. The van der Waals surface area contributed by atoms with Crippen LogP contribution in [0.1, 0.15) is 5.56 Å². The normalized spacial score (nSPS) is 16.3. The van der Waals surface area contributed by atoms with E-state index in [4.69, 9.17) is 5.41 Å². The fourth-order valence-corrected chi connectivity index (χ4v) is 1.88. The number of aromatic nitrogens is 2. The SMILES string of the molecule is CN/C=C1/C=C(Nc2ncc(C(F)(F)F)c(NC)n2)C=CC1=N. The maximum atomic E-state index is 12.8. The summed E-state index contributed by atoms with van der Waals surface area (Å²) in [6.45, 7) is 0. The molecule has 0 aliphatic heterocycles. The number of nitrogens with one attached hydrogen (secondary N) is 4. The van der Waals surface area contributed by atoms with E-state index in [-0.39, 0.29) is 11.8 Å². The Labute approximate surface area is 130 Å². The van der Waals surface area contributed by atoms with Gasteiger partial charge in [0, 0.05) is 37.8 Å². The van der Waals surface area contributed by atoms with Gasteiger partial charge < -0.3 is 21.4 Å². The fourth-order valence-electron chi connectivity index (χ4n) is 1.88. The molecule has 0 spiro atoms. The average Bonchev–Trinajstić information content (AvgIpc) is 2.49. The summed E-state index contributed by atoms with van der Waals surface area (Å²) in [6, 6.07) is 0. The molecule has 122 valence electrons. The molecule has 23 heavy (non-hydrogen) atoms. The lowest BCUT2D eigenvalue weighted by Crippen LogP contribution is -2.14. The molecule has 0 bridgehead atoms. The number of halogens is 3. The molecule has 1 aromatic heterocycles. The van der Waals surface area contributed by atoms with Crippen LogP contribution in [0.4, 0.5) is 24.9 Å². The van der Waals surface area contributed by atoms with E-state index in [1.165, 1.54) is 7.05 Å². The van der Waals surface area contributed by atoms with Gasteiger partial charge in [-0.15, -0.1) is 0 Å². The summed E-state index contributed by atoms with van der Waals surface area (Å²) in [5, 5.41) is 15.8. The molecule has 1 heterocycles. The van der Waals surface area contributed by atoms with Crippen LogP contribution < -0.4 is 16.0 Å². The van der Waals surface area contributed by atoms with Crippen molar-refractivity contribution >= 4 is 17.5 Å². The summed E-state index contributed by atoms with van der Waals surface area (Å²) in [6.07, 6.45) is 2.68. The van der Waals surface area contributed by atoms with Gasteiger partial charge >= 0.3 is 6.18 Å². The molecule has 0 fully saturated rings. The Hall–Kier alpha value is -2.84. The first-order valence-corrected chi connectivity index (χ1v) is 6.60. The van der Waals surface area contributed by atoms with Crippen molar-refractivity contribution in [3.63, 3.8) is 0 Å². The second-order valence-corrected chi connectivity index (χ2v) is 4.56. The average molecular weight is 324 g/mol. The highest BCUT2D eigenvalue weighted by molar-refractivity contribution is 6.09. The smallest absolute Gasteiger partial charge is 0.393 e. The summed E-state index contributed by atoms with van der Waals surface area (Å²) >= 11 is 0. The van der Waals surface area contributed by atoms with Crippen LogP contribution in [0.3, 0.4) is 0 Å². The van der Waals surface area contributed by atoms with E-state index < -0.39 is 11.7 Å². The van der Waals surface area contributed by atoms with Crippen LogP contribution in [0.15, 0.2) is 41.9 Å². The number of allylic oxidation sites excluding steroid dienone is 4. The third-order valence-electron chi connectivity index (χ3n) is 2.94. The number of hydrogen-bond donors (Lipinski definition) is 4. The highest BCUT2D eigenvalue weighted by atomic mass is 19.4. The third-order valence-corrected chi connectivity index (χ3v) is 2.94. The Balaban J connectivity index is 2.28. The van der Waals surface area contributed by atoms with Crippen LogP contribution in [0.2, 0.25) is 0 Å². The quantitative estimate of drug-likeness (QED) is 0.684. The standard InChI is InChI=1S/C14H15F3N6/c1-19-6-8-5-9(3-4-11(8)18)22-13-21-7-10(14(15,16)17)12(20-2)23-13/h3-7,18-19H,1-2H3,(H2,20,21,22,23)/b8-6-,18-11?. The first-order chi connectivity index (χ1) is 10.8. The van der Waals surface area contributed by atoms with Gasteiger partial charge in [-0.3, -0.25) is 0 Å². The zero-order valence-corrected chi connectivity index (χ0v) is 12.4. The summed E-state index contributed by atoms with van der Waals surface area (Å²) in [5.41, 5.74) is 0.563. The molecule has 1 aliphatic carbocycles. The van der Waals surface area contributed by atoms with Crippen molar-refractivity contribution in [1.82, 2.24) is 15.3 Å². The molecule has 4 N–H and O–H groups in total. The van der Waals surface area contributed by atoms with E-state index in [9.17, 15) is 13.2 Å². The van der Waals surface area contributed by atoms with Gasteiger partial charge in [-0.1, -0.05) is 0 Å². The van der Waals surface area contributed by atoms with Gasteiger partial charge in [-0.25, -0.2) is 4.98 Å². The van der Waals surface area contributed by atoms with E-state index in [1.54, 1.807) is 31.5 Å². The predicted octanol–water partition coefficient (Wildman–Crippen LogP) is 2.53.